The van der Waals surface area contributed by atoms with Gasteiger partial charge in [-0.15, -0.1) is 0 Å². The Hall–Kier alpha value is -0.960. The largest absolute Gasteiger partial charge is 0.334 e. The first-order chi connectivity index (χ1) is 8.15. The van der Waals surface area contributed by atoms with Gasteiger partial charge in [0.1, 0.15) is 0 Å². The standard InChI is InChI=1S/C14H17NOS/c1-9-3-4-11(5-10(9)2)14(16)15-7-13-6-12(15)8-17-13/h3-5,12-13H,6-8H2,1-2H3. The smallest absolute Gasteiger partial charge is 0.254 e. The molecule has 0 aliphatic carbocycles. The van der Waals surface area contributed by atoms with Gasteiger partial charge in [0.2, 0.25) is 0 Å². The Balaban J connectivity index is 1.84. The van der Waals surface area contributed by atoms with E-state index in [-0.39, 0.29) is 5.91 Å². The summed E-state index contributed by atoms with van der Waals surface area (Å²) in [5.41, 5.74) is 3.31. The van der Waals surface area contributed by atoms with E-state index in [2.05, 4.69) is 18.7 Å². The minimum Gasteiger partial charge on any atom is -0.334 e. The monoisotopic (exact) mass is 247 g/mol. The molecule has 3 rings (SSSR count). The molecular formula is C14H17NOS. The maximum absolute atomic E-state index is 12.4. The number of rotatable bonds is 1. The van der Waals surface area contributed by atoms with Gasteiger partial charge in [0.15, 0.2) is 0 Å². The first kappa shape index (κ1) is 11.1. The van der Waals surface area contributed by atoms with Crippen molar-refractivity contribution < 1.29 is 4.79 Å². The lowest BCUT2D eigenvalue weighted by molar-refractivity contribution is 0.0747. The molecule has 2 atom stereocenters. The van der Waals surface area contributed by atoms with Gasteiger partial charge in [-0.25, -0.2) is 0 Å². The normalized spacial score (nSPS) is 26.6. The molecule has 0 N–H and O–H groups in total. The predicted octanol–water partition coefficient (Wildman–Crippen LogP) is 2.63. The van der Waals surface area contributed by atoms with E-state index in [4.69, 9.17) is 0 Å². The molecule has 90 valence electrons. The van der Waals surface area contributed by atoms with Crippen LogP contribution in [0.15, 0.2) is 18.2 Å². The Morgan fingerprint density at radius 3 is 2.76 bits per heavy atom. The first-order valence-electron chi connectivity index (χ1n) is 6.15. The van der Waals surface area contributed by atoms with Gasteiger partial charge >= 0.3 is 0 Å². The van der Waals surface area contributed by atoms with Crippen molar-refractivity contribution >= 4 is 17.7 Å². The number of nitrogens with zero attached hydrogens (tertiary/aromatic N) is 1. The van der Waals surface area contributed by atoms with Crippen LogP contribution in [-0.2, 0) is 0 Å². The molecule has 1 aromatic rings. The Morgan fingerprint density at radius 1 is 1.35 bits per heavy atom. The van der Waals surface area contributed by atoms with Gasteiger partial charge in [0.05, 0.1) is 0 Å². The summed E-state index contributed by atoms with van der Waals surface area (Å²) in [5.74, 6) is 1.35. The summed E-state index contributed by atoms with van der Waals surface area (Å²) in [4.78, 5) is 14.5. The van der Waals surface area contributed by atoms with Crippen molar-refractivity contribution in [3.63, 3.8) is 0 Å². The molecule has 2 aliphatic rings. The van der Waals surface area contributed by atoms with Gasteiger partial charge in [-0.05, 0) is 43.5 Å². The van der Waals surface area contributed by atoms with E-state index in [1.807, 2.05) is 30.0 Å². The summed E-state index contributed by atoms with van der Waals surface area (Å²) in [5, 5.41) is 0.690. The number of fused-ring (bicyclic) bond motifs is 2. The molecule has 2 nitrogen and oxygen atoms in total. The van der Waals surface area contributed by atoms with Crippen molar-refractivity contribution in [1.29, 1.82) is 0 Å². The third kappa shape index (κ3) is 1.86. The number of likely N-dealkylation sites (tertiary alicyclic amines) is 1. The number of thioether (sulfide) groups is 1. The molecule has 2 unspecified atom stereocenters. The minimum absolute atomic E-state index is 0.223. The molecule has 1 amide bonds. The van der Waals surface area contributed by atoms with E-state index in [1.165, 1.54) is 17.5 Å². The quantitative estimate of drug-likeness (QED) is 0.760. The maximum Gasteiger partial charge on any atom is 0.254 e. The zero-order valence-electron chi connectivity index (χ0n) is 10.3. The zero-order chi connectivity index (χ0) is 12.0. The molecular weight excluding hydrogens is 230 g/mol. The number of aryl methyl sites for hydroxylation is 2. The highest BCUT2D eigenvalue weighted by atomic mass is 32.2. The second-order valence-electron chi connectivity index (χ2n) is 5.10. The summed E-state index contributed by atoms with van der Waals surface area (Å²) in [6.45, 7) is 5.09. The molecule has 2 fully saturated rings. The second-order valence-corrected chi connectivity index (χ2v) is 6.43. The van der Waals surface area contributed by atoms with Gasteiger partial charge in [-0.1, -0.05) is 6.07 Å². The summed E-state index contributed by atoms with van der Waals surface area (Å²) in [7, 11) is 0. The Bertz CT molecular complexity index is 471. The molecule has 2 aliphatic heterocycles. The second kappa shape index (κ2) is 4.05. The predicted molar refractivity (Wildman–Crippen MR) is 71.6 cm³/mol. The van der Waals surface area contributed by atoms with Crippen LogP contribution in [0.25, 0.3) is 0 Å². The first-order valence-corrected chi connectivity index (χ1v) is 7.20. The molecule has 2 saturated heterocycles. The number of amides is 1. The SMILES string of the molecule is Cc1ccc(C(=O)N2CC3CC2CS3)cc1C. The van der Waals surface area contributed by atoms with Crippen LogP contribution in [0.5, 0.6) is 0 Å². The number of hydrogen-bond donors (Lipinski definition) is 0. The molecule has 2 bridgehead atoms. The van der Waals surface area contributed by atoms with E-state index in [0.29, 0.717) is 11.3 Å². The summed E-state index contributed by atoms with van der Waals surface area (Å²) in [6, 6.07) is 6.52. The van der Waals surface area contributed by atoms with E-state index in [1.54, 1.807) is 0 Å². The number of hydrogen-bond acceptors (Lipinski definition) is 2. The van der Waals surface area contributed by atoms with Crippen LogP contribution in [-0.4, -0.2) is 34.4 Å². The molecule has 17 heavy (non-hydrogen) atoms. The summed E-state index contributed by atoms with van der Waals surface area (Å²) >= 11 is 2.02. The lowest BCUT2D eigenvalue weighted by Gasteiger charge is -2.26. The van der Waals surface area contributed by atoms with Crippen molar-refractivity contribution in [2.24, 2.45) is 0 Å². The van der Waals surface area contributed by atoms with Crippen molar-refractivity contribution in [2.45, 2.75) is 31.6 Å². The topological polar surface area (TPSA) is 20.3 Å². The van der Waals surface area contributed by atoms with Gasteiger partial charge in [-0.2, -0.15) is 11.8 Å². The average Bonchev–Trinajstić information content (AvgIpc) is 2.93. The molecule has 0 aromatic heterocycles. The Labute approximate surface area is 106 Å². The molecule has 2 heterocycles. The number of carbonyl (C=O) groups is 1. The lowest BCUT2D eigenvalue weighted by atomic mass is 10.1. The molecule has 0 radical (unpaired) electrons. The third-order valence-corrected chi connectivity index (χ3v) is 5.31. The van der Waals surface area contributed by atoms with E-state index in [9.17, 15) is 4.79 Å². The third-order valence-electron chi connectivity index (χ3n) is 3.92. The van der Waals surface area contributed by atoms with Crippen LogP contribution in [0.2, 0.25) is 0 Å². The number of benzene rings is 1. The van der Waals surface area contributed by atoms with Crippen molar-refractivity contribution in [3.05, 3.63) is 34.9 Å². The van der Waals surface area contributed by atoms with Crippen LogP contribution in [0.1, 0.15) is 27.9 Å². The van der Waals surface area contributed by atoms with Crippen LogP contribution in [0.3, 0.4) is 0 Å². The Morgan fingerprint density at radius 2 is 2.18 bits per heavy atom. The van der Waals surface area contributed by atoms with E-state index in [0.717, 1.165) is 17.9 Å². The van der Waals surface area contributed by atoms with Gasteiger partial charge in [0, 0.05) is 29.2 Å². The molecule has 0 spiro atoms. The van der Waals surface area contributed by atoms with Crippen LogP contribution >= 0.6 is 11.8 Å². The average molecular weight is 247 g/mol. The Kier molecular flexibility index (Phi) is 2.66. The molecule has 1 aromatic carbocycles. The van der Waals surface area contributed by atoms with Gasteiger partial charge < -0.3 is 4.90 Å². The fourth-order valence-electron chi connectivity index (χ4n) is 2.69. The fourth-order valence-corrected chi connectivity index (χ4v) is 4.12. The highest BCUT2D eigenvalue weighted by molar-refractivity contribution is 8.00. The zero-order valence-corrected chi connectivity index (χ0v) is 11.1. The van der Waals surface area contributed by atoms with E-state index < -0.39 is 0 Å². The maximum atomic E-state index is 12.4. The highest BCUT2D eigenvalue weighted by Crippen LogP contribution is 2.38. The van der Waals surface area contributed by atoms with Crippen LogP contribution in [0, 0.1) is 13.8 Å². The van der Waals surface area contributed by atoms with Gasteiger partial charge in [0.25, 0.3) is 5.91 Å². The van der Waals surface area contributed by atoms with E-state index >= 15 is 0 Å². The summed E-state index contributed by atoms with van der Waals surface area (Å²) < 4.78 is 0. The van der Waals surface area contributed by atoms with Gasteiger partial charge in [-0.3, -0.25) is 4.79 Å². The van der Waals surface area contributed by atoms with Crippen molar-refractivity contribution in [2.75, 3.05) is 12.3 Å². The lowest BCUT2D eigenvalue weighted by Crippen LogP contribution is -2.39. The molecule has 3 heteroatoms. The molecule has 0 saturated carbocycles. The highest BCUT2D eigenvalue weighted by Gasteiger charge is 2.41. The van der Waals surface area contributed by atoms with Crippen molar-refractivity contribution in [3.8, 4) is 0 Å². The number of carbonyl (C=O) groups excluding carboxylic acids is 1. The van der Waals surface area contributed by atoms with Crippen LogP contribution < -0.4 is 0 Å². The minimum atomic E-state index is 0.223. The van der Waals surface area contributed by atoms with Crippen LogP contribution in [0.4, 0.5) is 0 Å². The summed E-state index contributed by atoms with van der Waals surface area (Å²) in [6.07, 6.45) is 1.20. The van der Waals surface area contributed by atoms with Crippen molar-refractivity contribution in [1.82, 2.24) is 4.90 Å². The fraction of sp³-hybridized carbons (Fsp3) is 0.500.